The molecule has 8 heteroatoms. The third-order valence-corrected chi connectivity index (χ3v) is 5.41. The van der Waals surface area contributed by atoms with Crippen molar-refractivity contribution in [3.63, 3.8) is 0 Å². The molecule has 0 bridgehead atoms. The van der Waals surface area contributed by atoms with Crippen LogP contribution in [-0.2, 0) is 17.5 Å². The van der Waals surface area contributed by atoms with Crippen LogP contribution in [0, 0.1) is 6.92 Å². The molecule has 166 valence electrons. The first-order chi connectivity index (χ1) is 14.7. The fraction of sp³-hybridized carbons (Fsp3) is 0.391. The molecule has 2 aromatic rings. The largest absolute Gasteiger partial charge is 0.416 e. The van der Waals surface area contributed by atoms with E-state index in [1.807, 2.05) is 6.92 Å². The molecule has 1 fully saturated rings. The molecule has 2 amide bonds. The van der Waals surface area contributed by atoms with Crippen molar-refractivity contribution in [1.82, 2.24) is 16.0 Å². The van der Waals surface area contributed by atoms with Gasteiger partial charge in [0.05, 0.1) is 12.1 Å². The average Bonchev–Trinajstić information content (AvgIpc) is 3.18. The highest BCUT2D eigenvalue weighted by Gasteiger charge is 2.31. The maximum Gasteiger partial charge on any atom is 0.416 e. The minimum absolute atomic E-state index is 0.0524. The van der Waals surface area contributed by atoms with Crippen molar-refractivity contribution in [2.75, 3.05) is 6.54 Å². The van der Waals surface area contributed by atoms with Gasteiger partial charge in [-0.1, -0.05) is 35.9 Å². The third kappa shape index (κ3) is 6.55. The van der Waals surface area contributed by atoms with Gasteiger partial charge in [-0.05, 0) is 49.9 Å². The van der Waals surface area contributed by atoms with E-state index in [0.717, 1.165) is 37.0 Å². The highest BCUT2D eigenvalue weighted by molar-refractivity contribution is 5.96. The van der Waals surface area contributed by atoms with E-state index in [9.17, 15) is 22.8 Å². The second-order valence-corrected chi connectivity index (χ2v) is 7.84. The van der Waals surface area contributed by atoms with Gasteiger partial charge in [0.1, 0.15) is 0 Å². The minimum atomic E-state index is -4.53. The number of nitrogens with one attached hydrogen (secondary N) is 3. The third-order valence-electron chi connectivity index (χ3n) is 5.41. The van der Waals surface area contributed by atoms with E-state index in [1.165, 1.54) is 17.7 Å². The second-order valence-electron chi connectivity index (χ2n) is 7.84. The highest BCUT2D eigenvalue weighted by Crippen LogP contribution is 2.29. The summed E-state index contributed by atoms with van der Waals surface area (Å²) in [6.45, 7) is 2.44. The van der Waals surface area contributed by atoms with Gasteiger partial charge in [0.2, 0.25) is 5.91 Å². The van der Waals surface area contributed by atoms with Crippen LogP contribution in [0.4, 0.5) is 13.2 Å². The molecule has 0 unspecified atom stereocenters. The number of benzene rings is 2. The van der Waals surface area contributed by atoms with Crippen molar-refractivity contribution in [2.45, 2.75) is 51.0 Å². The molecule has 31 heavy (non-hydrogen) atoms. The standard InChI is InChI=1S/C23H26F3N3O2/c1-15-8-10-16(11-9-15)13-27-19-6-3-7-20(19)29-21(30)14-28-22(31)17-4-2-5-18(12-17)23(24,25)26/h2,4-5,8-12,19-20,27H,3,6-7,13-14H2,1H3,(H,28,31)(H,29,30)/t19-,20+/m1/s1. The van der Waals surface area contributed by atoms with Crippen LogP contribution in [0.3, 0.4) is 0 Å². The molecule has 1 aliphatic rings. The molecule has 0 heterocycles. The van der Waals surface area contributed by atoms with Gasteiger partial charge in [0, 0.05) is 24.2 Å². The zero-order valence-corrected chi connectivity index (χ0v) is 17.3. The Hall–Kier alpha value is -2.87. The second kappa shape index (κ2) is 9.96. The average molecular weight is 433 g/mol. The molecule has 1 aliphatic carbocycles. The summed E-state index contributed by atoms with van der Waals surface area (Å²) < 4.78 is 38.4. The maximum atomic E-state index is 12.8. The number of halogens is 3. The summed E-state index contributed by atoms with van der Waals surface area (Å²) in [5.74, 6) is -1.09. The number of hydrogen-bond acceptors (Lipinski definition) is 3. The normalized spacial score (nSPS) is 18.6. The molecule has 0 aromatic heterocycles. The molecule has 0 radical (unpaired) electrons. The van der Waals surface area contributed by atoms with Crippen LogP contribution < -0.4 is 16.0 Å². The van der Waals surface area contributed by atoms with Crippen molar-refractivity contribution in [3.8, 4) is 0 Å². The summed E-state index contributed by atoms with van der Waals surface area (Å²) in [4.78, 5) is 24.4. The van der Waals surface area contributed by atoms with Gasteiger partial charge >= 0.3 is 6.18 Å². The predicted octanol–water partition coefficient (Wildman–Crippen LogP) is 3.57. The van der Waals surface area contributed by atoms with Gasteiger partial charge in [0.25, 0.3) is 5.91 Å². The van der Waals surface area contributed by atoms with E-state index in [2.05, 4.69) is 40.2 Å². The van der Waals surface area contributed by atoms with Gasteiger partial charge in [-0.3, -0.25) is 9.59 Å². The maximum absolute atomic E-state index is 12.8. The Labute approximate surface area is 179 Å². The molecule has 3 rings (SSSR count). The van der Waals surface area contributed by atoms with Crippen LogP contribution in [-0.4, -0.2) is 30.4 Å². The summed E-state index contributed by atoms with van der Waals surface area (Å²) in [6.07, 6.45) is -1.78. The van der Waals surface area contributed by atoms with Crippen molar-refractivity contribution in [3.05, 3.63) is 70.8 Å². The first kappa shape index (κ1) is 22.8. The van der Waals surface area contributed by atoms with Crippen LogP contribution in [0.25, 0.3) is 0 Å². The summed E-state index contributed by atoms with van der Waals surface area (Å²) >= 11 is 0. The number of amides is 2. The molecule has 0 saturated heterocycles. The van der Waals surface area contributed by atoms with E-state index < -0.39 is 17.6 Å². The number of carbonyl (C=O) groups excluding carboxylic acids is 2. The fourth-order valence-corrected chi connectivity index (χ4v) is 3.69. The number of alkyl halides is 3. The van der Waals surface area contributed by atoms with E-state index in [0.29, 0.717) is 6.54 Å². The first-order valence-corrected chi connectivity index (χ1v) is 10.3. The molecule has 1 saturated carbocycles. The Morgan fingerprint density at radius 3 is 2.45 bits per heavy atom. The smallest absolute Gasteiger partial charge is 0.350 e. The molecular weight excluding hydrogens is 407 g/mol. The van der Waals surface area contributed by atoms with Crippen LogP contribution in [0.5, 0.6) is 0 Å². The van der Waals surface area contributed by atoms with Gasteiger partial charge in [-0.2, -0.15) is 13.2 Å². The fourth-order valence-electron chi connectivity index (χ4n) is 3.69. The van der Waals surface area contributed by atoms with E-state index >= 15 is 0 Å². The van der Waals surface area contributed by atoms with E-state index in [1.54, 1.807) is 0 Å². The van der Waals surface area contributed by atoms with Gasteiger partial charge in [-0.25, -0.2) is 0 Å². The molecule has 2 aromatic carbocycles. The summed E-state index contributed by atoms with van der Waals surface area (Å²) in [5, 5.41) is 8.79. The van der Waals surface area contributed by atoms with Crippen LogP contribution in [0.1, 0.15) is 46.3 Å². The van der Waals surface area contributed by atoms with Crippen molar-refractivity contribution in [1.29, 1.82) is 0 Å². The van der Waals surface area contributed by atoms with E-state index in [4.69, 9.17) is 0 Å². The first-order valence-electron chi connectivity index (χ1n) is 10.3. The molecule has 5 nitrogen and oxygen atoms in total. The van der Waals surface area contributed by atoms with Crippen LogP contribution in [0.15, 0.2) is 48.5 Å². The lowest BCUT2D eigenvalue weighted by Crippen LogP contribution is -2.49. The van der Waals surface area contributed by atoms with Crippen LogP contribution >= 0.6 is 0 Å². The van der Waals surface area contributed by atoms with Gasteiger partial charge in [-0.15, -0.1) is 0 Å². The Morgan fingerprint density at radius 1 is 1.03 bits per heavy atom. The molecule has 2 atom stereocenters. The van der Waals surface area contributed by atoms with Gasteiger partial charge < -0.3 is 16.0 Å². The zero-order chi connectivity index (χ0) is 22.4. The van der Waals surface area contributed by atoms with Crippen molar-refractivity contribution >= 4 is 11.8 Å². The number of rotatable bonds is 7. The Morgan fingerprint density at radius 2 is 1.74 bits per heavy atom. The molecule has 0 spiro atoms. The van der Waals surface area contributed by atoms with Crippen molar-refractivity contribution in [2.24, 2.45) is 0 Å². The lowest BCUT2D eigenvalue weighted by atomic mass is 10.1. The lowest BCUT2D eigenvalue weighted by Gasteiger charge is -2.22. The molecular formula is C23H26F3N3O2. The molecule has 3 N–H and O–H groups in total. The highest BCUT2D eigenvalue weighted by atomic mass is 19.4. The predicted molar refractivity (Wildman–Crippen MR) is 111 cm³/mol. The Balaban J connectivity index is 1.47. The van der Waals surface area contributed by atoms with Crippen LogP contribution in [0.2, 0.25) is 0 Å². The topological polar surface area (TPSA) is 70.2 Å². The number of carbonyl (C=O) groups is 2. The summed E-state index contributed by atoms with van der Waals surface area (Å²) in [7, 11) is 0. The minimum Gasteiger partial charge on any atom is -0.350 e. The SMILES string of the molecule is Cc1ccc(CN[C@@H]2CCC[C@@H]2NC(=O)CNC(=O)c2cccc(C(F)(F)F)c2)cc1. The zero-order valence-electron chi connectivity index (χ0n) is 17.3. The Kier molecular flexibility index (Phi) is 7.33. The summed E-state index contributed by atoms with van der Waals surface area (Å²) in [6, 6.07) is 12.4. The van der Waals surface area contributed by atoms with Crippen molar-refractivity contribution < 1.29 is 22.8 Å². The molecule has 0 aliphatic heterocycles. The number of aryl methyl sites for hydroxylation is 1. The quantitative estimate of drug-likeness (QED) is 0.625. The van der Waals surface area contributed by atoms with Gasteiger partial charge in [0.15, 0.2) is 0 Å². The Bertz CT molecular complexity index is 913. The lowest BCUT2D eigenvalue weighted by molar-refractivity contribution is -0.137. The number of hydrogen-bond donors (Lipinski definition) is 3. The monoisotopic (exact) mass is 433 g/mol. The summed E-state index contributed by atoms with van der Waals surface area (Å²) in [5.41, 5.74) is 1.32. The van der Waals surface area contributed by atoms with E-state index in [-0.39, 0.29) is 30.1 Å².